The lowest BCUT2D eigenvalue weighted by molar-refractivity contribution is 0.183. The molecule has 0 aromatic heterocycles. The molecule has 3 heteroatoms. The van der Waals surface area contributed by atoms with Crippen LogP contribution in [0.25, 0.3) is 0 Å². The lowest BCUT2D eigenvalue weighted by Crippen LogP contribution is -2.23. The molecule has 0 spiro atoms. The Morgan fingerprint density at radius 2 is 2.00 bits per heavy atom. The zero-order valence-corrected chi connectivity index (χ0v) is 13.1. The molecule has 3 nitrogen and oxygen atoms in total. The van der Waals surface area contributed by atoms with Gasteiger partial charge in [-0.2, -0.15) is 0 Å². The molecular weight excluding hydrogens is 262 g/mol. The van der Waals surface area contributed by atoms with Crippen molar-refractivity contribution in [3.8, 4) is 11.5 Å². The van der Waals surface area contributed by atoms with Crippen LogP contribution in [0.3, 0.4) is 0 Å². The molecule has 2 aliphatic rings. The number of nitrogens with one attached hydrogen (secondary N) is 1. The minimum atomic E-state index is 0.340. The highest BCUT2D eigenvalue weighted by molar-refractivity contribution is 5.45. The lowest BCUT2D eigenvalue weighted by atomic mass is 10.1. The van der Waals surface area contributed by atoms with E-state index in [0.29, 0.717) is 12.1 Å². The molecule has 116 valence electrons. The summed E-state index contributed by atoms with van der Waals surface area (Å²) in [4.78, 5) is 0. The van der Waals surface area contributed by atoms with Crippen molar-refractivity contribution in [2.45, 2.75) is 64.0 Å². The maximum atomic E-state index is 6.18. The maximum Gasteiger partial charge on any atom is 0.128 e. The van der Waals surface area contributed by atoms with E-state index in [-0.39, 0.29) is 0 Å². The Kier molecular flexibility index (Phi) is 5.02. The molecular formula is C18H27NO2. The van der Waals surface area contributed by atoms with E-state index in [0.717, 1.165) is 31.1 Å². The van der Waals surface area contributed by atoms with Crippen LogP contribution in [0.15, 0.2) is 18.2 Å². The predicted molar refractivity (Wildman–Crippen MR) is 85.1 cm³/mol. The number of rotatable bonds is 5. The third kappa shape index (κ3) is 3.70. The number of hydrogen-bond acceptors (Lipinski definition) is 3. The molecule has 21 heavy (non-hydrogen) atoms. The van der Waals surface area contributed by atoms with Crippen molar-refractivity contribution in [3.63, 3.8) is 0 Å². The average Bonchev–Trinajstić information content (AvgIpc) is 2.72. The van der Waals surface area contributed by atoms with Gasteiger partial charge in [-0.25, -0.2) is 0 Å². The van der Waals surface area contributed by atoms with E-state index in [1.807, 2.05) is 0 Å². The molecule has 1 aromatic rings. The normalized spacial score (nSPS) is 22.4. The van der Waals surface area contributed by atoms with E-state index >= 15 is 0 Å². The minimum absolute atomic E-state index is 0.340. The Morgan fingerprint density at radius 3 is 2.76 bits per heavy atom. The molecule has 0 bridgehead atoms. The highest BCUT2D eigenvalue weighted by Crippen LogP contribution is 2.36. The van der Waals surface area contributed by atoms with Crippen molar-refractivity contribution in [3.05, 3.63) is 23.8 Å². The second kappa shape index (κ2) is 7.17. The van der Waals surface area contributed by atoms with Crippen LogP contribution in [0, 0.1) is 0 Å². The summed E-state index contributed by atoms with van der Waals surface area (Å²) < 4.78 is 12.0. The second-order valence-corrected chi connectivity index (χ2v) is 6.25. The minimum Gasteiger partial charge on any atom is -0.491 e. The first kappa shape index (κ1) is 14.7. The summed E-state index contributed by atoms with van der Waals surface area (Å²) in [6.45, 7) is 3.96. The van der Waals surface area contributed by atoms with E-state index in [1.54, 1.807) is 0 Å². The van der Waals surface area contributed by atoms with E-state index in [9.17, 15) is 0 Å². The molecule has 0 radical (unpaired) electrons. The Labute approximate surface area is 128 Å². The molecule has 0 amide bonds. The van der Waals surface area contributed by atoms with Crippen LogP contribution >= 0.6 is 0 Å². The Morgan fingerprint density at radius 1 is 1.19 bits per heavy atom. The van der Waals surface area contributed by atoms with Gasteiger partial charge in [-0.05, 0) is 50.8 Å². The molecule has 1 N–H and O–H groups in total. The van der Waals surface area contributed by atoms with Gasteiger partial charge in [-0.3, -0.25) is 0 Å². The van der Waals surface area contributed by atoms with Crippen molar-refractivity contribution in [2.75, 3.05) is 13.2 Å². The van der Waals surface area contributed by atoms with Crippen molar-refractivity contribution in [1.82, 2.24) is 5.32 Å². The van der Waals surface area contributed by atoms with Gasteiger partial charge in [-0.15, -0.1) is 0 Å². The third-order valence-electron chi connectivity index (χ3n) is 4.51. The summed E-state index contributed by atoms with van der Waals surface area (Å²) in [7, 11) is 0. The van der Waals surface area contributed by atoms with Crippen molar-refractivity contribution >= 4 is 0 Å². The monoisotopic (exact) mass is 289 g/mol. The summed E-state index contributed by atoms with van der Waals surface area (Å²) in [6.07, 6.45) is 9.24. The summed E-state index contributed by atoms with van der Waals surface area (Å²) in [6, 6.07) is 6.70. The van der Waals surface area contributed by atoms with Gasteiger partial charge in [0.15, 0.2) is 0 Å². The van der Waals surface area contributed by atoms with E-state index < -0.39 is 0 Å². The van der Waals surface area contributed by atoms with Crippen molar-refractivity contribution in [2.24, 2.45) is 0 Å². The highest BCUT2D eigenvalue weighted by Gasteiger charge is 2.24. The molecule has 1 unspecified atom stereocenters. The third-order valence-corrected chi connectivity index (χ3v) is 4.51. The first-order valence-electron chi connectivity index (χ1n) is 8.53. The lowest BCUT2D eigenvalue weighted by Gasteiger charge is -2.17. The predicted octanol–water partition coefficient (Wildman–Crippen LogP) is 4.22. The molecule has 0 saturated heterocycles. The average molecular weight is 289 g/mol. The van der Waals surface area contributed by atoms with Gasteiger partial charge in [0.2, 0.25) is 0 Å². The number of ether oxygens (including phenoxy) is 2. The molecule has 1 aromatic carbocycles. The van der Waals surface area contributed by atoms with Crippen LogP contribution in [0.4, 0.5) is 0 Å². The van der Waals surface area contributed by atoms with E-state index in [1.165, 1.54) is 44.1 Å². The Bertz CT molecular complexity index is 453. The molecule has 1 aliphatic heterocycles. The maximum absolute atomic E-state index is 6.18. The zero-order valence-electron chi connectivity index (χ0n) is 13.1. The van der Waals surface area contributed by atoms with Gasteiger partial charge in [0.25, 0.3) is 0 Å². The van der Waals surface area contributed by atoms with Crippen LogP contribution in [0.5, 0.6) is 11.5 Å². The van der Waals surface area contributed by atoms with Crippen LogP contribution in [-0.4, -0.2) is 19.3 Å². The largest absolute Gasteiger partial charge is 0.491 e. The van der Waals surface area contributed by atoms with Gasteiger partial charge in [-0.1, -0.05) is 19.8 Å². The molecule has 1 heterocycles. The number of hydrogen-bond donors (Lipinski definition) is 1. The molecule has 1 atom stereocenters. The quantitative estimate of drug-likeness (QED) is 0.823. The smallest absolute Gasteiger partial charge is 0.128 e. The number of fused-ring (bicyclic) bond motifs is 1. The fourth-order valence-electron chi connectivity index (χ4n) is 3.30. The molecule has 3 rings (SSSR count). The summed E-state index contributed by atoms with van der Waals surface area (Å²) in [5.74, 6) is 1.96. The summed E-state index contributed by atoms with van der Waals surface area (Å²) in [5.41, 5.74) is 1.27. The van der Waals surface area contributed by atoms with Gasteiger partial charge in [0.05, 0.1) is 12.1 Å². The second-order valence-electron chi connectivity index (χ2n) is 6.25. The van der Waals surface area contributed by atoms with Crippen LogP contribution < -0.4 is 14.8 Å². The van der Waals surface area contributed by atoms with Crippen LogP contribution in [-0.2, 0) is 0 Å². The Hall–Kier alpha value is -1.22. The fraction of sp³-hybridized carbons (Fsp3) is 0.667. The molecule has 1 saturated carbocycles. The van der Waals surface area contributed by atoms with Crippen molar-refractivity contribution in [1.29, 1.82) is 0 Å². The Balaban J connectivity index is 1.63. The van der Waals surface area contributed by atoms with Gasteiger partial charge < -0.3 is 14.8 Å². The topological polar surface area (TPSA) is 30.5 Å². The van der Waals surface area contributed by atoms with E-state index in [2.05, 4.69) is 30.4 Å². The number of benzene rings is 1. The zero-order chi connectivity index (χ0) is 14.5. The van der Waals surface area contributed by atoms with E-state index in [4.69, 9.17) is 9.47 Å². The van der Waals surface area contributed by atoms with Gasteiger partial charge in [0.1, 0.15) is 18.1 Å². The fourth-order valence-corrected chi connectivity index (χ4v) is 3.30. The van der Waals surface area contributed by atoms with Gasteiger partial charge >= 0.3 is 0 Å². The van der Waals surface area contributed by atoms with Crippen LogP contribution in [0.1, 0.15) is 63.5 Å². The summed E-state index contributed by atoms with van der Waals surface area (Å²) >= 11 is 0. The molecule has 1 aliphatic carbocycles. The first-order chi connectivity index (χ1) is 10.4. The SMILES string of the molecule is CCCNC1COc2cc(OC3CCCCCC3)ccc21. The summed E-state index contributed by atoms with van der Waals surface area (Å²) in [5, 5.41) is 3.53. The standard InChI is InChI=1S/C18H27NO2/c1-2-11-19-17-13-20-18-12-15(9-10-16(17)18)21-14-7-5-3-4-6-8-14/h9-10,12,14,17,19H,2-8,11,13H2,1H3. The first-order valence-corrected chi connectivity index (χ1v) is 8.53. The van der Waals surface area contributed by atoms with Crippen molar-refractivity contribution < 1.29 is 9.47 Å². The molecule has 1 fully saturated rings. The van der Waals surface area contributed by atoms with Crippen LogP contribution in [0.2, 0.25) is 0 Å². The highest BCUT2D eigenvalue weighted by atomic mass is 16.5. The van der Waals surface area contributed by atoms with Gasteiger partial charge in [0, 0.05) is 11.6 Å².